The Hall–Kier alpha value is -0.970. The van der Waals surface area contributed by atoms with Crippen molar-refractivity contribution in [1.29, 1.82) is 0 Å². The Balaban J connectivity index is 2.63. The molecule has 0 saturated carbocycles. The lowest BCUT2D eigenvalue weighted by Gasteiger charge is -2.16. The highest BCUT2D eigenvalue weighted by atomic mass is 16.5. The molecule has 0 unspecified atom stereocenters. The zero-order chi connectivity index (χ0) is 10.6. The van der Waals surface area contributed by atoms with Gasteiger partial charge in [-0.1, -0.05) is 20.8 Å². The van der Waals surface area contributed by atoms with E-state index in [1.165, 1.54) is 0 Å². The normalized spacial score (nSPS) is 12.0. The molecule has 0 atom stereocenters. The molecule has 0 fully saturated rings. The molecule has 0 aliphatic carbocycles. The highest BCUT2D eigenvalue weighted by Crippen LogP contribution is 2.18. The third kappa shape index (κ3) is 2.77. The molecule has 0 radical (unpaired) electrons. The predicted octanol–water partition coefficient (Wildman–Crippen LogP) is 1.01. The van der Waals surface area contributed by atoms with Crippen molar-refractivity contribution in [3.05, 3.63) is 5.82 Å². The van der Waals surface area contributed by atoms with Crippen molar-refractivity contribution in [1.82, 2.24) is 20.2 Å². The molecule has 5 nitrogen and oxygen atoms in total. The Morgan fingerprint density at radius 2 is 2.07 bits per heavy atom. The van der Waals surface area contributed by atoms with Gasteiger partial charge >= 0.3 is 0 Å². The first kappa shape index (κ1) is 11.1. The van der Waals surface area contributed by atoms with E-state index >= 15 is 0 Å². The minimum atomic E-state index is -0.0181. The SMILES string of the molecule is CCOCCn1nnnc1C(C)(C)C. The minimum Gasteiger partial charge on any atom is -0.380 e. The Morgan fingerprint density at radius 3 is 2.64 bits per heavy atom. The number of hydrogen-bond acceptors (Lipinski definition) is 4. The van der Waals surface area contributed by atoms with Gasteiger partial charge in [0.15, 0.2) is 5.82 Å². The van der Waals surface area contributed by atoms with Crippen LogP contribution in [0.3, 0.4) is 0 Å². The van der Waals surface area contributed by atoms with E-state index in [0.717, 1.165) is 12.4 Å². The Labute approximate surface area is 84.4 Å². The van der Waals surface area contributed by atoms with Crippen LogP contribution in [0.1, 0.15) is 33.5 Å². The second-order valence-electron chi connectivity index (χ2n) is 4.17. The minimum absolute atomic E-state index is 0.0181. The molecule has 0 spiro atoms. The first-order valence-electron chi connectivity index (χ1n) is 4.90. The quantitative estimate of drug-likeness (QED) is 0.677. The molecule has 0 N–H and O–H groups in total. The lowest BCUT2D eigenvalue weighted by molar-refractivity contribution is 0.134. The first-order chi connectivity index (χ1) is 6.55. The lowest BCUT2D eigenvalue weighted by atomic mass is 9.96. The molecule has 0 amide bonds. The Morgan fingerprint density at radius 1 is 1.36 bits per heavy atom. The molecule has 0 aromatic carbocycles. The lowest BCUT2D eigenvalue weighted by Crippen LogP contribution is -2.21. The van der Waals surface area contributed by atoms with Gasteiger partial charge in [-0.3, -0.25) is 0 Å². The van der Waals surface area contributed by atoms with Crippen LogP contribution in [0.2, 0.25) is 0 Å². The second kappa shape index (κ2) is 4.50. The number of nitrogens with zero attached hydrogens (tertiary/aromatic N) is 4. The van der Waals surface area contributed by atoms with Crippen LogP contribution >= 0.6 is 0 Å². The molecule has 1 rings (SSSR count). The van der Waals surface area contributed by atoms with E-state index in [1.807, 2.05) is 6.92 Å². The first-order valence-corrected chi connectivity index (χ1v) is 4.90. The van der Waals surface area contributed by atoms with Gasteiger partial charge in [0.05, 0.1) is 13.2 Å². The summed E-state index contributed by atoms with van der Waals surface area (Å²) >= 11 is 0. The van der Waals surface area contributed by atoms with Crippen molar-refractivity contribution in [2.24, 2.45) is 0 Å². The van der Waals surface area contributed by atoms with Gasteiger partial charge in [0.1, 0.15) is 0 Å². The van der Waals surface area contributed by atoms with Gasteiger partial charge in [0.2, 0.25) is 0 Å². The van der Waals surface area contributed by atoms with Crippen LogP contribution in [0.4, 0.5) is 0 Å². The highest BCUT2D eigenvalue weighted by Gasteiger charge is 2.21. The molecule has 1 aromatic heterocycles. The smallest absolute Gasteiger partial charge is 0.156 e. The van der Waals surface area contributed by atoms with Gasteiger partial charge in [-0.2, -0.15) is 0 Å². The maximum atomic E-state index is 5.26. The van der Waals surface area contributed by atoms with Crippen molar-refractivity contribution in [2.45, 2.75) is 39.7 Å². The van der Waals surface area contributed by atoms with Crippen LogP contribution in [0.15, 0.2) is 0 Å². The van der Waals surface area contributed by atoms with Crippen LogP contribution in [0.25, 0.3) is 0 Å². The van der Waals surface area contributed by atoms with Crippen molar-refractivity contribution < 1.29 is 4.74 Å². The molecule has 14 heavy (non-hydrogen) atoms. The maximum absolute atomic E-state index is 5.26. The summed E-state index contributed by atoms with van der Waals surface area (Å²) in [5, 5.41) is 11.6. The fraction of sp³-hybridized carbons (Fsp3) is 0.889. The van der Waals surface area contributed by atoms with E-state index in [9.17, 15) is 0 Å². The highest BCUT2D eigenvalue weighted by molar-refractivity contribution is 4.98. The van der Waals surface area contributed by atoms with E-state index in [-0.39, 0.29) is 5.41 Å². The molecule has 80 valence electrons. The van der Waals surface area contributed by atoms with Crippen molar-refractivity contribution >= 4 is 0 Å². The number of aromatic nitrogens is 4. The molecular weight excluding hydrogens is 180 g/mol. The zero-order valence-electron chi connectivity index (χ0n) is 9.32. The molecule has 1 aromatic rings. The van der Waals surface area contributed by atoms with E-state index < -0.39 is 0 Å². The molecule has 0 saturated heterocycles. The molecule has 0 bridgehead atoms. The summed E-state index contributed by atoms with van der Waals surface area (Å²) in [5.74, 6) is 0.900. The summed E-state index contributed by atoms with van der Waals surface area (Å²) in [6, 6.07) is 0. The van der Waals surface area contributed by atoms with Crippen LogP contribution in [0.5, 0.6) is 0 Å². The second-order valence-corrected chi connectivity index (χ2v) is 4.17. The summed E-state index contributed by atoms with van der Waals surface area (Å²) in [4.78, 5) is 0. The summed E-state index contributed by atoms with van der Waals surface area (Å²) in [6.07, 6.45) is 0. The molecule has 5 heteroatoms. The summed E-state index contributed by atoms with van der Waals surface area (Å²) < 4.78 is 7.06. The van der Waals surface area contributed by atoms with E-state index in [1.54, 1.807) is 4.68 Å². The van der Waals surface area contributed by atoms with Gasteiger partial charge in [-0.25, -0.2) is 4.68 Å². The van der Waals surface area contributed by atoms with Crippen molar-refractivity contribution in [3.63, 3.8) is 0 Å². The summed E-state index contributed by atoms with van der Waals surface area (Å²) in [5.41, 5.74) is -0.0181. The monoisotopic (exact) mass is 198 g/mol. The molecule has 1 heterocycles. The van der Waals surface area contributed by atoms with E-state index in [0.29, 0.717) is 13.2 Å². The third-order valence-electron chi connectivity index (χ3n) is 1.85. The fourth-order valence-electron chi connectivity index (χ4n) is 1.19. The third-order valence-corrected chi connectivity index (χ3v) is 1.85. The van der Waals surface area contributed by atoms with Gasteiger partial charge < -0.3 is 4.74 Å². The van der Waals surface area contributed by atoms with Gasteiger partial charge in [-0.05, 0) is 17.4 Å². The molecular formula is C9H18N4O. The Kier molecular flexibility index (Phi) is 3.57. The number of ether oxygens (including phenoxy) is 1. The number of tetrazole rings is 1. The summed E-state index contributed by atoms with van der Waals surface area (Å²) in [6.45, 7) is 10.4. The van der Waals surface area contributed by atoms with Gasteiger partial charge in [0, 0.05) is 12.0 Å². The van der Waals surface area contributed by atoms with Crippen LogP contribution in [0, 0.1) is 0 Å². The zero-order valence-corrected chi connectivity index (χ0v) is 9.32. The largest absolute Gasteiger partial charge is 0.380 e. The van der Waals surface area contributed by atoms with Crippen LogP contribution in [-0.4, -0.2) is 33.4 Å². The fourth-order valence-corrected chi connectivity index (χ4v) is 1.19. The molecule has 0 aliphatic heterocycles. The van der Waals surface area contributed by atoms with Gasteiger partial charge in [-0.15, -0.1) is 5.10 Å². The Bertz CT molecular complexity index is 277. The van der Waals surface area contributed by atoms with Crippen molar-refractivity contribution in [2.75, 3.05) is 13.2 Å². The van der Waals surface area contributed by atoms with Crippen LogP contribution < -0.4 is 0 Å². The average molecular weight is 198 g/mol. The summed E-state index contributed by atoms with van der Waals surface area (Å²) in [7, 11) is 0. The number of rotatable bonds is 4. The van der Waals surface area contributed by atoms with E-state index in [2.05, 4.69) is 36.3 Å². The standard InChI is InChI=1S/C9H18N4O/c1-5-14-7-6-13-8(9(2,3)4)10-11-12-13/h5-7H2,1-4H3. The average Bonchev–Trinajstić information content (AvgIpc) is 2.52. The maximum Gasteiger partial charge on any atom is 0.156 e. The topological polar surface area (TPSA) is 52.8 Å². The predicted molar refractivity (Wildman–Crippen MR) is 53.0 cm³/mol. The molecule has 0 aliphatic rings. The van der Waals surface area contributed by atoms with Crippen LogP contribution in [-0.2, 0) is 16.7 Å². The number of hydrogen-bond donors (Lipinski definition) is 0. The van der Waals surface area contributed by atoms with E-state index in [4.69, 9.17) is 4.74 Å². The van der Waals surface area contributed by atoms with Crippen molar-refractivity contribution in [3.8, 4) is 0 Å². The van der Waals surface area contributed by atoms with Gasteiger partial charge in [0.25, 0.3) is 0 Å².